The first-order valence-corrected chi connectivity index (χ1v) is 8.32. The normalized spacial score (nSPS) is 10.6. The fourth-order valence-corrected chi connectivity index (χ4v) is 2.70. The lowest BCUT2D eigenvalue weighted by atomic mass is 10.1. The highest BCUT2D eigenvalue weighted by molar-refractivity contribution is 6.32. The maximum atomic E-state index is 12.5. The summed E-state index contributed by atoms with van der Waals surface area (Å²) in [6, 6.07) is 12.6. The van der Waals surface area contributed by atoms with Crippen LogP contribution in [0.2, 0.25) is 5.02 Å². The molecule has 0 radical (unpaired) electrons. The van der Waals surface area contributed by atoms with Gasteiger partial charge in [-0.15, -0.1) is 0 Å². The zero-order chi connectivity index (χ0) is 19.6. The van der Waals surface area contributed by atoms with Crippen LogP contribution in [0, 0.1) is 17.0 Å². The molecule has 3 aromatic rings. The quantitative estimate of drug-likeness (QED) is 0.493. The molecule has 1 heterocycles. The fraction of sp³-hybridized carbons (Fsp3) is 0.105. The topological polar surface area (TPSA) is 106 Å². The Morgan fingerprint density at radius 2 is 2.00 bits per heavy atom. The van der Waals surface area contributed by atoms with Gasteiger partial charge in [0.1, 0.15) is 23.2 Å². The third-order valence-corrected chi connectivity index (χ3v) is 4.31. The van der Waals surface area contributed by atoms with Gasteiger partial charge in [-0.05, 0) is 42.8 Å². The first-order chi connectivity index (χ1) is 12.9. The minimum absolute atomic E-state index is 0.0350. The number of halogens is 1. The lowest BCUT2D eigenvalue weighted by Gasteiger charge is -2.10. The number of nitrogens with zero attached hydrogens (tertiary/aromatic N) is 1. The van der Waals surface area contributed by atoms with E-state index in [1.165, 1.54) is 12.1 Å². The Kier molecular flexibility index (Phi) is 5.25. The molecule has 0 atom stereocenters. The van der Waals surface area contributed by atoms with Crippen LogP contribution in [-0.4, -0.2) is 15.9 Å². The molecule has 0 fully saturated rings. The number of benzene rings is 2. The molecular formula is C19H15ClN2O5. The number of hydrogen-bond acceptors (Lipinski definition) is 5. The summed E-state index contributed by atoms with van der Waals surface area (Å²) in [5.74, 6) is 0.492. The first kappa shape index (κ1) is 18.6. The predicted octanol–water partition coefficient (Wildman–Crippen LogP) is 4.56. The van der Waals surface area contributed by atoms with E-state index in [-0.39, 0.29) is 22.9 Å². The summed E-state index contributed by atoms with van der Waals surface area (Å²) in [7, 11) is 0. The van der Waals surface area contributed by atoms with Gasteiger partial charge in [-0.25, -0.2) is 0 Å². The number of carbonyl (C=O) groups excluding carboxylic acids is 1. The molecule has 3 rings (SSSR count). The van der Waals surface area contributed by atoms with Crippen LogP contribution < -0.4 is 5.32 Å². The van der Waals surface area contributed by atoms with Gasteiger partial charge in [0.25, 0.3) is 11.6 Å². The molecule has 138 valence electrons. The van der Waals surface area contributed by atoms with Crippen molar-refractivity contribution in [2.75, 3.05) is 5.32 Å². The van der Waals surface area contributed by atoms with Crippen LogP contribution in [-0.2, 0) is 6.61 Å². The molecule has 1 aromatic heterocycles. The van der Waals surface area contributed by atoms with Crippen LogP contribution in [0.5, 0.6) is 0 Å². The highest BCUT2D eigenvalue weighted by atomic mass is 35.5. The monoisotopic (exact) mass is 386 g/mol. The molecule has 0 spiro atoms. The number of aryl methyl sites for hydroxylation is 1. The van der Waals surface area contributed by atoms with Crippen LogP contribution in [0.3, 0.4) is 0 Å². The predicted molar refractivity (Wildman–Crippen MR) is 101 cm³/mol. The zero-order valence-electron chi connectivity index (χ0n) is 14.2. The number of rotatable bonds is 5. The minimum Gasteiger partial charge on any atom is -0.459 e. The number of nitro groups is 1. The Bertz CT molecular complexity index is 1030. The smallest absolute Gasteiger partial charge is 0.288 e. The van der Waals surface area contributed by atoms with E-state index in [9.17, 15) is 14.9 Å². The molecular weight excluding hydrogens is 372 g/mol. The van der Waals surface area contributed by atoms with Crippen molar-refractivity contribution in [3.63, 3.8) is 0 Å². The Morgan fingerprint density at radius 1 is 1.22 bits per heavy atom. The van der Waals surface area contributed by atoms with Gasteiger partial charge in [0.05, 0.1) is 4.92 Å². The van der Waals surface area contributed by atoms with Crippen LogP contribution in [0.15, 0.2) is 52.9 Å². The summed E-state index contributed by atoms with van der Waals surface area (Å²) in [5, 5.41) is 22.8. The summed E-state index contributed by atoms with van der Waals surface area (Å²) < 4.78 is 5.51. The molecule has 0 aliphatic carbocycles. The Hall–Kier alpha value is -3.16. The molecule has 0 unspecified atom stereocenters. The number of nitrogens with one attached hydrogen (secondary N) is 1. The second kappa shape index (κ2) is 7.61. The molecule has 7 nitrogen and oxygen atoms in total. The van der Waals surface area contributed by atoms with E-state index in [1.807, 2.05) is 19.1 Å². The number of hydrogen-bond donors (Lipinski definition) is 2. The average molecular weight is 387 g/mol. The van der Waals surface area contributed by atoms with Crippen molar-refractivity contribution in [3.05, 3.63) is 80.6 Å². The number of carbonyl (C=O) groups is 1. The highest BCUT2D eigenvalue weighted by Gasteiger charge is 2.17. The van der Waals surface area contributed by atoms with Crippen molar-refractivity contribution in [3.8, 4) is 11.3 Å². The van der Waals surface area contributed by atoms with Crippen molar-refractivity contribution in [1.29, 1.82) is 0 Å². The molecule has 0 saturated heterocycles. The Balaban J connectivity index is 1.89. The van der Waals surface area contributed by atoms with Crippen LogP contribution in [0.4, 0.5) is 11.4 Å². The number of anilines is 1. The summed E-state index contributed by atoms with van der Waals surface area (Å²) in [4.78, 5) is 22.9. The minimum atomic E-state index is -0.638. The molecule has 0 aliphatic rings. The van der Waals surface area contributed by atoms with E-state index in [0.29, 0.717) is 17.2 Å². The number of aliphatic hydroxyl groups excluding tert-OH is 1. The standard InChI is InChI=1S/C19H15ClN2O5/c1-11-2-3-12(18-7-5-14(10-23)27-18)8-16(11)21-19(24)13-4-6-15(20)17(9-13)22(25)26/h2-9,23H,10H2,1H3,(H,21,24). The number of furan rings is 1. The summed E-state index contributed by atoms with van der Waals surface area (Å²) in [5.41, 5.74) is 1.86. The van der Waals surface area contributed by atoms with Crippen LogP contribution >= 0.6 is 11.6 Å². The number of aliphatic hydroxyl groups is 1. The molecule has 1 amide bonds. The maximum absolute atomic E-state index is 12.5. The number of amides is 1. The molecule has 27 heavy (non-hydrogen) atoms. The van der Waals surface area contributed by atoms with Gasteiger partial charge in [-0.1, -0.05) is 23.7 Å². The largest absolute Gasteiger partial charge is 0.459 e. The van der Waals surface area contributed by atoms with Gasteiger partial charge in [0.2, 0.25) is 0 Å². The van der Waals surface area contributed by atoms with Crippen molar-refractivity contribution < 1.29 is 19.2 Å². The highest BCUT2D eigenvalue weighted by Crippen LogP contribution is 2.29. The van der Waals surface area contributed by atoms with Crippen molar-refractivity contribution in [2.45, 2.75) is 13.5 Å². The molecule has 0 aliphatic heterocycles. The van der Waals surface area contributed by atoms with Gasteiger partial charge in [-0.3, -0.25) is 14.9 Å². The SMILES string of the molecule is Cc1ccc(-c2ccc(CO)o2)cc1NC(=O)c1ccc(Cl)c([N+](=O)[O-])c1. The van der Waals surface area contributed by atoms with E-state index < -0.39 is 10.8 Å². The lowest BCUT2D eigenvalue weighted by molar-refractivity contribution is -0.384. The molecule has 8 heteroatoms. The second-order valence-corrected chi connectivity index (χ2v) is 6.24. The van der Waals surface area contributed by atoms with Crippen LogP contribution in [0.25, 0.3) is 11.3 Å². The summed E-state index contributed by atoms with van der Waals surface area (Å²) >= 11 is 5.78. The first-order valence-electron chi connectivity index (χ1n) is 7.95. The zero-order valence-corrected chi connectivity index (χ0v) is 15.0. The van der Waals surface area contributed by atoms with Crippen molar-refractivity contribution in [2.24, 2.45) is 0 Å². The van der Waals surface area contributed by atoms with Crippen molar-refractivity contribution >= 4 is 28.9 Å². The van der Waals surface area contributed by atoms with Gasteiger partial charge < -0.3 is 14.8 Å². The Labute approximate surface area is 159 Å². The fourth-order valence-electron chi connectivity index (χ4n) is 2.52. The Morgan fingerprint density at radius 3 is 2.67 bits per heavy atom. The molecule has 2 N–H and O–H groups in total. The van der Waals surface area contributed by atoms with E-state index in [4.69, 9.17) is 21.1 Å². The van der Waals surface area contributed by atoms with Gasteiger partial charge >= 0.3 is 0 Å². The second-order valence-electron chi connectivity index (χ2n) is 5.83. The molecule has 0 bridgehead atoms. The van der Waals surface area contributed by atoms with Gasteiger partial charge in [-0.2, -0.15) is 0 Å². The van der Waals surface area contributed by atoms with Crippen molar-refractivity contribution in [1.82, 2.24) is 0 Å². The van der Waals surface area contributed by atoms with E-state index in [2.05, 4.69) is 5.32 Å². The van der Waals surface area contributed by atoms with E-state index in [0.717, 1.165) is 17.2 Å². The summed E-state index contributed by atoms with van der Waals surface area (Å²) in [6.07, 6.45) is 0. The molecule has 0 saturated carbocycles. The van der Waals surface area contributed by atoms with Gasteiger partial charge in [0, 0.05) is 22.9 Å². The van der Waals surface area contributed by atoms with Gasteiger partial charge in [0.15, 0.2) is 0 Å². The maximum Gasteiger partial charge on any atom is 0.288 e. The molecule has 2 aromatic carbocycles. The average Bonchev–Trinajstić information content (AvgIpc) is 3.12. The third kappa shape index (κ3) is 3.99. The van der Waals surface area contributed by atoms with E-state index in [1.54, 1.807) is 18.2 Å². The van der Waals surface area contributed by atoms with Crippen LogP contribution in [0.1, 0.15) is 21.7 Å². The number of nitro benzene ring substituents is 1. The summed E-state index contributed by atoms with van der Waals surface area (Å²) in [6.45, 7) is 1.62. The van der Waals surface area contributed by atoms with E-state index >= 15 is 0 Å². The lowest BCUT2D eigenvalue weighted by Crippen LogP contribution is -2.13. The third-order valence-electron chi connectivity index (χ3n) is 3.99.